The molecule has 0 aliphatic rings. The number of hydrogen-bond donors (Lipinski definition) is 2. The van der Waals surface area contributed by atoms with Crippen molar-refractivity contribution in [2.75, 3.05) is 6.61 Å². The molecule has 2 N–H and O–H groups in total. The SMILES string of the molecule is CCOC(=O)[C@H](O)[C@@H](O)Cc1ccccc1OCc1ccccc1. The number of carbonyl (C=O) groups excluding carboxylic acids is 1. The van der Waals surface area contributed by atoms with E-state index in [1.807, 2.05) is 42.5 Å². The standard InChI is InChI=1S/C19H22O5/c1-2-23-19(22)18(21)16(20)12-15-10-6-7-11-17(15)24-13-14-8-4-3-5-9-14/h3-11,16,18,20-21H,2,12-13H2,1H3/t16-,18+/m0/s1. The molecular weight excluding hydrogens is 308 g/mol. The molecule has 5 nitrogen and oxygen atoms in total. The molecule has 0 aliphatic heterocycles. The van der Waals surface area contributed by atoms with E-state index in [9.17, 15) is 15.0 Å². The number of aliphatic hydroxyl groups is 2. The van der Waals surface area contributed by atoms with E-state index in [1.54, 1.807) is 19.1 Å². The fourth-order valence-corrected chi connectivity index (χ4v) is 2.27. The summed E-state index contributed by atoms with van der Waals surface area (Å²) < 4.78 is 10.5. The molecule has 2 aromatic carbocycles. The second-order valence-corrected chi connectivity index (χ2v) is 5.35. The molecule has 0 saturated carbocycles. The minimum atomic E-state index is -1.58. The van der Waals surface area contributed by atoms with Crippen LogP contribution < -0.4 is 4.74 Å². The number of benzene rings is 2. The van der Waals surface area contributed by atoms with Gasteiger partial charge in [0.2, 0.25) is 0 Å². The highest BCUT2D eigenvalue weighted by Gasteiger charge is 2.26. The molecular formula is C19H22O5. The first-order valence-corrected chi connectivity index (χ1v) is 7.89. The van der Waals surface area contributed by atoms with Crippen molar-refractivity contribution in [1.82, 2.24) is 0 Å². The molecule has 2 atom stereocenters. The first-order valence-electron chi connectivity index (χ1n) is 7.89. The van der Waals surface area contributed by atoms with Gasteiger partial charge in [-0.1, -0.05) is 48.5 Å². The lowest BCUT2D eigenvalue weighted by molar-refractivity contribution is -0.159. The van der Waals surface area contributed by atoms with Gasteiger partial charge in [-0.05, 0) is 24.1 Å². The van der Waals surface area contributed by atoms with Gasteiger partial charge in [0, 0.05) is 6.42 Å². The van der Waals surface area contributed by atoms with E-state index in [2.05, 4.69) is 0 Å². The molecule has 0 aromatic heterocycles. The van der Waals surface area contributed by atoms with Crippen molar-refractivity contribution in [3.05, 3.63) is 65.7 Å². The van der Waals surface area contributed by atoms with Crippen LogP contribution in [0, 0.1) is 0 Å². The smallest absolute Gasteiger partial charge is 0.337 e. The predicted molar refractivity (Wildman–Crippen MR) is 89.6 cm³/mol. The highest BCUT2D eigenvalue weighted by Crippen LogP contribution is 2.22. The van der Waals surface area contributed by atoms with Gasteiger partial charge >= 0.3 is 5.97 Å². The quantitative estimate of drug-likeness (QED) is 0.725. The summed E-state index contributed by atoms with van der Waals surface area (Å²) in [6.07, 6.45) is -2.75. The minimum Gasteiger partial charge on any atom is -0.489 e. The first-order chi connectivity index (χ1) is 11.6. The number of aliphatic hydroxyl groups excluding tert-OH is 2. The molecule has 0 saturated heterocycles. The van der Waals surface area contributed by atoms with Gasteiger partial charge in [-0.3, -0.25) is 0 Å². The second-order valence-electron chi connectivity index (χ2n) is 5.35. The van der Waals surface area contributed by atoms with Crippen LogP contribution >= 0.6 is 0 Å². The zero-order chi connectivity index (χ0) is 17.4. The number of hydrogen-bond acceptors (Lipinski definition) is 5. The van der Waals surface area contributed by atoms with Crippen molar-refractivity contribution in [2.45, 2.75) is 32.2 Å². The Morgan fingerprint density at radius 2 is 1.71 bits per heavy atom. The van der Waals surface area contributed by atoms with Crippen molar-refractivity contribution in [3.8, 4) is 5.75 Å². The maximum atomic E-state index is 11.5. The van der Waals surface area contributed by atoms with Gasteiger partial charge < -0.3 is 19.7 Å². The molecule has 0 bridgehead atoms. The Morgan fingerprint density at radius 3 is 2.42 bits per heavy atom. The topological polar surface area (TPSA) is 76.0 Å². The zero-order valence-corrected chi connectivity index (χ0v) is 13.6. The van der Waals surface area contributed by atoms with E-state index < -0.39 is 18.2 Å². The lowest BCUT2D eigenvalue weighted by Crippen LogP contribution is -2.36. The van der Waals surface area contributed by atoms with Gasteiger partial charge in [-0.15, -0.1) is 0 Å². The van der Waals surface area contributed by atoms with Crippen molar-refractivity contribution in [1.29, 1.82) is 0 Å². The van der Waals surface area contributed by atoms with Crippen LogP contribution in [-0.4, -0.2) is 35.0 Å². The molecule has 0 aliphatic carbocycles. The van der Waals surface area contributed by atoms with Crippen LogP contribution in [-0.2, 0) is 22.6 Å². The Balaban J connectivity index is 2.01. The van der Waals surface area contributed by atoms with E-state index in [0.29, 0.717) is 17.9 Å². The summed E-state index contributed by atoms with van der Waals surface area (Å²) in [5.74, 6) is -0.218. The minimum absolute atomic E-state index is 0.0882. The Labute approximate surface area is 141 Å². The monoisotopic (exact) mass is 330 g/mol. The summed E-state index contributed by atoms with van der Waals surface area (Å²) in [4.78, 5) is 11.5. The van der Waals surface area contributed by atoms with E-state index in [1.165, 1.54) is 0 Å². The molecule has 0 heterocycles. The van der Waals surface area contributed by atoms with Crippen LogP contribution in [0.5, 0.6) is 5.75 Å². The Morgan fingerprint density at radius 1 is 1.04 bits per heavy atom. The predicted octanol–water partition coefficient (Wildman–Crippen LogP) is 2.09. The Hall–Kier alpha value is -2.37. The number of carbonyl (C=O) groups is 1. The fourth-order valence-electron chi connectivity index (χ4n) is 2.27. The molecule has 0 radical (unpaired) electrons. The van der Waals surface area contributed by atoms with Crippen LogP contribution in [0.4, 0.5) is 0 Å². The van der Waals surface area contributed by atoms with Crippen LogP contribution in [0.15, 0.2) is 54.6 Å². The summed E-state index contributed by atoms with van der Waals surface area (Å²) in [6, 6.07) is 17.0. The van der Waals surface area contributed by atoms with Crippen molar-refractivity contribution < 1.29 is 24.5 Å². The van der Waals surface area contributed by atoms with E-state index >= 15 is 0 Å². The normalized spacial score (nSPS) is 13.1. The van der Waals surface area contributed by atoms with Crippen molar-refractivity contribution in [3.63, 3.8) is 0 Å². The lowest BCUT2D eigenvalue weighted by Gasteiger charge is -2.18. The summed E-state index contributed by atoms with van der Waals surface area (Å²) in [5, 5.41) is 19.9. The molecule has 0 spiro atoms. The summed E-state index contributed by atoms with van der Waals surface area (Å²) in [5.41, 5.74) is 1.74. The summed E-state index contributed by atoms with van der Waals surface area (Å²) >= 11 is 0. The molecule has 0 amide bonds. The maximum Gasteiger partial charge on any atom is 0.337 e. The van der Waals surface area contributed by atoms with E-state index in [4.69, 9.17) is 9.47 Å². The van der Waals surface area contributed by atoms with Crippen molar-refractivity contribution in [2.24, 2.45) is 0 Å². The Bertz CT molecular complexity index is 641. The largest absolute Gasteiger partial charge is 0.489 e. The van der Waals surface area contributed by atoms with Crippen LogP contribution in [0.2, 0.25) is 0 Å². The van der Waals surface area contributed by atoms with Crippen LogP contribution in [0.1, 0.15) is 18.1 Å². The zero-order valence-electron chi connectivity index (χ0n) is 13.6. The number of ether oxygens (including phenoxy) is 2. The summed E-state index contributed by atoms with van der Waals surface area (Å²) in [6.45, 7) is 2.19. The van der Waals surface area contributed by atoms with E-state index in [0.717, 1.165) is 5.56 Å². The third-order valence-corrected chi connectivity index (χ3v) is 3.53. The molecule has 2 rings (SSSR count). The fraction of sp³-hybridized carbons (Fsp3) is 0.316. The number of rotatable bonds is 8. The number of para-hydroxylation sites is 1. The second kappa shape index (κ2) is 9.05. The maximum absolute atomic E-state index is 11.5. The average Bonchev–Trinajstić information content (AvgIpc) is 2.61. The van der Waals surface area contributed by atoms with Gasteiger partial charge in [0.15, 0.2) is 6.10 Å². The molecule has 0 fully saturated rings. The average molecular weight is 330 g/mol. The number of esters is 1. The summed E-state index contributed by atoms with van der Waals surface area (Å²) in [7, 11) is 0. The van der Waals surface area contributed by atoms with E-state index in [-0.39, 0.29) is 13.0 Å². The third-order valence-electron chi connectivity index (χ3n) is 3.53. The van der Waals surface area contributed by atoms with Crippen molar-refractivity contribution >= 4 is 5.97 Å². The first kappa shape index (κ1) is 18.0. The van der Waals surface area contributed by atoms with Crippen LogP contribution in [0.3, 0.4) is 0 Å². The molecule has 128 valence electrons. The van der Waals surface area contributed by atoms with Gasteiger partial charge in [-0.25, -0.2) is 4.79 Å². The lowest BCUT2D eigenvalue weighted by atomic mass is 10.0. The molecule has 0 unspecified atom stereocenters. The third kappa shape index (κ3) is 5.08. The van der Waals surface area contributed by atoms with Gasteiger partial charge in [0.1, 0.15) is 12.4 Å². The highest BCUT2D eigenvalue weighted by molar-refractivity contribution is 5.75. The van der Waals surface area contributed by atoms with Crippen LogP contribution in [0.25, 0.3) is 0 Å². The molecule has 2 aromatic rings. The molecule has 5 heteroatoms. The Kier molecular flexibility index (Phi) is 6.78. The van der Waals surface area contributed by atoms with Gasteiger partial charge in [0.25, 0.3) is 0 Å². The highest BCUT2D eigenvalue weighted by atomic mass is 16.5. The van der Waals surface area contributed by atoms with Gasteiger partial charge in [-0.2, -0.15) is 0 Å². The van der Waals surface area contributed by atoms with Gasteiger partial charge in [0.05, 0.1) is 12.7 Å². The molecule has 24 heavy (non-hydrogen) atoms.